The predicted molar refractivity (Wildman–Crippen MR) is 113 cm³/mol. The Morgan fingerprint density at radius 2 is 1.78 bits per heavy atom. The zero-order chi connectivity index (χ0) is 19.4. The van der Waals surface area contributed by atoms with Crippen molar-refractivity contribution in [1.82, 2.24) is 0 Å². The lowest BCUT2D eigenvalue weighted by Gasteiger charge is -2.29. The molecule has 0 saturated carbocycles. The first-order valence-corrected chi connectivity index (χ1v) is 9.96. The van der Waals surface area contributed by atoms with E-state index in [2.05, 4.69) is 74.6 Å². The Balaban J connectivity index is 1.68. The van der Waals surface area contributed by atoms with E-state index < -0.39 is 0 Å². The van der Waals surface area contributed by atoms with E-state index in [1.54, 1.807) is 0 Å². The molecule has 3 heteroatoms. The van der Waals surface area contributed by atoms with Crippen LogP contribution in [0.3, 0.4) is 0 Å². The second-order valence-electron chi connectivity index (χ2n) is 7.86. The quantitative estimate of drug-likeness (QED) is 0.832. The van der Waals surface area contributed by atoms with E-state index in [-0.39, 0.29) is 11.9 Å². The van der Waals surface area contributed by atoms with Crippen molar-refractivity contribution in [2.24, 2.45) is 0 Å². The number of benzene rings is 2. The summed E-state index contributed by atoms with van der Waals surface area (Å²) in [5.74, 6) is 0.493. The molecule has 0 aliphatic carbocycles. The van der Waals surface area contributed by atoms with Gasteiger partial charge in [-0.05, 0) is 48.1 Å². The molecule has 2 atom stereocenters. The monoisotopic (exact) mass is 363 g/mol. The van der Waals surface area contributed by atoms with E-state index in [0.29, 0.717) is 5.92 Å². The Morgan fingerprint density at radius 3 is 2.41 bits per heavy atom. The Labute approximate surface area is 163 Å². The van der Waals surface area contributed by atoms with Gasteiger partial charge in [-0.2, -0.15) is 0 Å². The zero-order valence-corrected chi connectivity index (χ0v) is 16.9. The van der Waals surface area contributed by atoms with E-state index in [0.717, 1.165) is 30.8 Å². The molecular weight excluding hydrogens is 332 g/mol. The molecule has 0 bridgehead atoms. The molecule has 2 aromatic carbocycles. The maximum Gasteiger partial charge on any atom is 0.282 e. The molecule has 2 N–H and O–H groups in total. The fourth-order valence-corrected chi connectivity index (χ4v) is 3.82. The minimum Gasteiger partial charge on any atom is -0.321 e. The lowest BCUT2D eigenvalue weighted by Crippen LogP contribution is -3.17. The van der Waals surface area contributed by atoms with Crippen LogP contribution in [0, 0.1) is 6.92 Å². The van der Waals surface area contributed by atoms with Crippen LogP contribution >= 0.6 is 0 Å². The Bertz CT molecular complexity index is 824. The van der Waals surface area contributed by atoms with Crippen molar-refractivity contribution in [2.75, 3.05) is 18.4 Å². The molecule has 1 heterocycles. The fourth-order valence-electron chi connectivity index (χ4n) is 3.82. The second kappa shape index (κ2) is 8.53. The smallest absolute Gasteiger partial charge is 0.282 e. The highest BCUT2D eigenvalue weighted by Gasteiger charge is 2.28. The number of carbonyl (C=O) groups is 1. The van der Waals surface area contributed by atoms with Crippen LogP contribution in [0.1, 0.15) is 49.8 Å². The van der Waals surface area contributed by atoms with E-state index in [9.17, 15) is 4.79 Å². The summed E-state index contributed by atoms with van der Waals surface area (Å²) >= 11 is 0. The molecule has 0 radical (unpaired) electrons. The van der Waals surface area contributed by atoms with Gasteiger partial charge in [-0.3, -0.25) is 4.79 Å². The fraction of sp³-hybridized carbons (Fsp3) is 0.375. The normalized spacial score (nSPS) is 18.1. The molecule has 3 rings (SSSR count). The van der Waals surface area contributed by atoms with Crippen LogP contribution in [0.25, 0.3) is 5.57 Å². The number of hydrogen-bond acceptors (Lipinski definition) is 1. The van der Waals surface area contributed by atoms with Gasteiger partial charge in [-0.25, -0.2) is 0 Å². The third-order valence-corrected chi connectivity index (χ3v) is 5.65. The summed E-state index contributed by atoms with van der Waals surface area (Å²) in [6.45, 7) is 10.3. The van der Waals surface area contributed by atoms with Crippen molar-refractivity contribution in [2.45, 2.75) is 46.1 Å². The van der Waals surface area contributed by atoms with E-state index in [4.69, 9.17) is 0 Å². The number of quaternary nitrogens is 1. The number of nitrogens with one attached hydrogen (secondary N) is 2. The average molecular weight is 364 g/mol. The summed E-state index contributed by atoms with van der Waals surface area (Å²) in [5, 5.41) is 3.22. The maximum absolute atomic E-state index is 12.9. The third kappa shape index (κ3) is 4.48. The highest BCUT2D eigenvalue weighted by atomic mass is 16.2. The van der Waals surface area contributed by atoms with Crippen LogP contribution in [-0.4, -0.2) is 25.0 Å². The Morgan fingerprint density at radius 1 is 1.04 bits per heavy atom. The summed E-state index contributed by atoms with van der Waals surface area (Å²) in [7, 11) is 0. The number of rotatable bonds is 5. The predicted octanol–water partition coefficient (Wildman–Crippen LogP) is 3.82. The number of amides is 1. The molecule has 2 aromatic rings. The van der Waals surface area contributed by atoms with Crippen LogP contribution in [-0.2, 0) is 4.79 Å². The molecule has 1 aliphatic heterocycles. The number of aryl methyl sites for hydroxylation is 1. The summed E-state index contributed by atoms with van der Waals surface area (Å²) in [5.41, 5.74) is 6.02. The van der Waals surface area contributed by atoms with Gasteiger partial charge in [0, 0.05) is 12.1 Å². The summed E-state index contributed by atoms with van der Waals surface area (Å²) in [6.07, 6.45) is 3.31. The number of carbonyl (C=O) groups excluding carboxylic acids is 1. The average Bonchev–Trinajstić information content (AvgIpc) is 2.69. The summed E-state index contributed by atoms with van der Waals surface area (Å²) in [6, 6.07) is 16.7. The van der Waals surface area contributed by atoms with Crippen molar-refractivity contribution in [1.29, 1.82) is 0 Å². The van der Waals surface area contributed by atoms with E-state index in [1.807, 2.05) is 13.0 Å². The van der Waals surface area contributed by atoms with Crippen molar-refractivity contribution in [3.63, 3.8) is 0 Å². The van der Waals surface area contributed by atoms with E-state index >= 15 is 0 Å². The van der Waals surface area contributed by atoms with Crippen molar-refractivity contribution >= 4 is 17.2 Å². The second-order valence-corrected chi connectivity index (χ2v) is 7.86. The van der Waals surface area contributed by atoms with Crippen LogP contribution < -0.4 is 10.2 Å². The first kappa shape index (κ1) is 19.4. The highest BCUT2D eigenvalue weighted by Crippen LogP contribution is 2.27. The van der Waals surface area contributed by atoms with Crippen LogP contribution in [0.2, 0.25) is 0 Å². The van der Waals surface area contributed by atoms with Crippen molar-refractivity contribution in [3.05, 3.63) is 71.3 Å². The Hall–Kier alpha value is -2.39. The summed E-state index contributed by atoms with van der Waals surface area (Å²) in [4.78, 5) is 14.3. The van der Waals surface area contributed by atoms with Gasteiger partial charge < -0.3 is 10.2 Å². The van der Waals surface area contributed by atoms with Crippen LogP contribution in [0.4, 0.5) is 5.69 Å². The lowest BCUT2D eigenvalue weighted by molar-refractivity contribution is -0.909. The van der Waals surface area contributed by atoms with Gasteiger partial charge in [0.25, 0.3) is 5.91 Å². The Kier molecular flexibility index (Phi) is 6.12. The molecule has 27 heavy (non-hydrogen) atoms. The van der Waals surface area contributed by atoms with Gasteiger partial charge in [0.1, 0.15) is 0 Å². The molecule has 0 aromatic heterocycles. The minimum atomic E-state index is -0.0711. The molecule has 1 unspecified atom stereocenters. The summed E-state index contributed by atoms with van der Waals surface area (Å²) < 4.78 is 0. The molecule has 3 nitrogen and oxygen atoms in total. The molecular formula is C24H31N2O+. The zero-order valence-electron chi connectivity index (χ0n) is 16.9. The minimum absolute atomic E-state index is 0.0711. The van der Waals surface area contributed by atoms with Gasteiger partial charge in [-0.1, -0.05) is 62.4 Å². The standard InChI is InChI=1S/C24H30N2O/c1-17(2)22-12-8-9-18(3)23(22)25-24(27)19(4)26-15-13-21(14-16-26)20-10-6-5-7-11-20/h5-13,17,19H,14-16H2,1-4H3,(H,25,27)/p+1/t19-/m1/s1. The van der Waals surface area contributed by atoms with Gasteiger partial charge in [0.15, 0.2) is 6.04 Å². The van der Waals surface area contributed by atoms with Crippen molar-refractivity contribution < 1.29 is 9.69 Å². The molecule has 0 fully saturated rings. The van der Waals surface area contributed by atoms with Gasteiger partial charge in [-0.15, -0.1) is 0 Å². The van der Waals surface area contributed by atoms with Crippen molar-refractivity contribution in [3.8, 4) is 0 Å². The molecule has 142 valence electrons. The molecule has 0 spiro atoms. The number of para-hydroxylation sites is 1. The lowest BCUT2D eigenvalue weighted by atomic mass is 9.97. The first-order valence-electron chi connectivity index (χ1n) is 9.96. The van der Waals surface area contributed by atoms with E-state index in [1.165, 1.54) is 21.6 Å². The van der Waals surface area contributed by atoms with Crippen LogP contribution in [0.15, 0.2) is 54.6 Å². The third-order valence-electron chi connectivity index (χ3n) is 5.65. The van der Waals surface area contributed by atoms with Gasteiger partial charge >= 0.3 is 0 Å². The van der Waals surface area contributed by atoms with Crippen LogP contribution in [0.5, 0.6) is 0 Å². The van der Waals surface area contributed by atoms with Gasteiger partial charge in [0.2, 0.25) is 0 Å². The molecule has 1 aliphatic rings. The topological polar surface area (TPSA) is 33.5 Å². The first-order chi connectivity index (χ1) is 13.0. The molecule has 0 saturated heterocycles. The van der Waals surface area contributed by atoms with Gasteiger partial charge in [0.05, 0.1) is 13.1 Å². The highest BCUT2D eigenvalue weighted by molar-refractivity contribution is 5.95. The largest absolute Gasteiger partial charge is 0.321 e. The maximum atomic E-state index is 12.9. The SMILES string of the molecule is Cc1cccc(C(C)C)c1NC(=O)[C@@H](C)[NH+]1CC=C(c2ccccc2)CC1. The number of hydrogen-bond donors (Lipinski definition) is 2. The number of anilines is 1. The molecule has 1 amide bonds.